The lowest BCUT2D eigenvalue weighted by molar-refractivity contribution is -0.384. The molecule has 0 bridgehead atoms. The fourth-order valence-electron chi connectivity index (χ4n) is 2.55. The minimum absolute atomic E-state index is 0.00829. The molecule has 7 heteroatoms. The number of amides is 1. The molecule has 0 spiro atoms. The number of carbonyl (C=O) groups excluding carboxylic acids is 2. The van der Waals surface area contributed by atoms with Crippen molar-refractivity contribution in [3.05, 3.63) is 81.9 Å². The molecule has 7 nitrogen and oxygen atoms in total. The number of nitro benzene ring substituents is 1. The van der Waals surface area contributed by atoms with E-state index < -0.39 is 4.92 Å². The number of esters is 1. The molecule has 1 amide bonds. The van der Waals surface area contributed by atoms with E-state index in [9.17, 15) is 19.7 Å². The van der Waals surface area contributed by atoms with Gasteiger partial charge in [-0.3, -0.25) is 19.7 Å². The van der Waals surface area contributed by atoms with E-state index in [2.05, 4.69) is 4.74 Å². The van der Waals surface area contributed by atoms with Crippen molar-refractivity contribution in [2.24, 2.45) is 0 Å². The molecular weight excluding hydrogens is 360 g/mol. The van der Waals surface area contributed by atoms with Crippen LogP contribution in [-0.2, 0) is 20.7 Å². The Morgan fingerprint density at radius 3 is 2.36 bits per heavy atom. The Balaban J connectivity index is 2.03. The molecule has 0 unspecified atom stereocenters. The molecule has 0 fully saturated rings. The predicted octanol–water partition coefficient (Wildman–Crippen LogP) is 3.24. The molecule has 0 aromatic heterocycles. The Kier molecular flexibility index (Phi) is 7.90. The molecule has 28 heavy (non-hydrogen) atoms. The van der Waals surface area contributed by atoms with Crippen molar-refractivity contribution in [2.45, 2.75) is 12.8 Å². The maximum atomic E-state index is 12.6. The largest absolute Gasteiger partial charge is 0.469 e. The average Bonchev–Trinajstić information content (AvgIpc) is 2.72. The molecule has 0 heterocycles. The van der Waals surface area contributed by atoms with E-state index in [0.717, 1.165) is 5.56 Å². The molecule has 0 aliphatic heterocycles. The molecule has 0 aliphatic rings. The van der Waals surface area contributed by atoms with Gasteiger partial charge in [0.2, 0.25) is 5.91 Å². The number of benzene rings is 2. The molecular formula is C21H22N2O5. The van der Waals surface area contributed by atoms with Gasteiger partial charge < -0.3 is 9.64 Å². The molecule has 0 N–H and O–H groups in total. The second-order valence-corrected chi connectivity index (χ2v) is 6.07. The first-order valence-corrected chi connectivity index (χ1v) is 8.82. The monoisotopic (exact) mass is 382 g/mol. The van der Waals surface area contributed by atoms with Gasteiger partial charge in [-0.1, -0.05) is 30.3 Å². The minimum Gasteiger partial charge on any atom is -0.469 e. The summed E-state index contributed by atoms with van der Waals surface area (Å²) >= 11 is 0. The summed E-state index contributed by atoms with van der Waals surface area (Å²) in [5.41, 5.74) is 1.76. The van der Waals surface area contributed by atoms with E-state index in [1.165, 1.54) is 25.3 Å². The van der Waals surface area contributed by atoms with Crippen molar-refractivity contribution >= 4 is 23.6 Å². The van der Waals surface area contributed by atoms with Gasteiger partial charge in [0.15, 0.2) is 0 Å². The van der Waals surface area contributed by atoms with E-state index in [0.29, 0.717) is 18.5 Å². The predicted molar refractivity (Wildman–Crippen MR) is 105 cm³/mol. The van der Waals surface area contributed by atoms with E-state index in [1.807, 2.05) is 30.3 Å². The van der Waals surface area contributed by atoms with Crippen LogP contribution in [0.4, 0.5) is 5.69 Å². The van der Waals surface area contributed by atoms with Gasteiger partial charge in [0, 0.05) is 31.3 Å². The minimum atomic E-state index is -0.475. The van der Waals surface area contributed by atoms with E-state index in [4.69, 9.17) is 0 Å². The molecule has 2 aromatic carbocycles. The average molecular weight is 382 g/mol. The van der Waals surface area contributed by atoms with Crippen LogP contribution in [0, 0.1) is 10.1 Å². The van der Waals surface area contributed by atoms with Gasteiger partial charge in [-0.15, -0.1) is 0 Å². The first-order chi connectivity index (χ1) is 13.5. The second-order valence-electron chi connectivity index (χ2n) is 6.07. The molecule has 2 rings (SSSR count). The molecule has 0 saturated carbocycles. The smallest absolute Gasteiger partial charge is 0.307 e. The SMILES string of the molecule is COC(=O)CCN(CCc1ccccc1)C(=O)/C=C/c1ccc([N+](=O)[O-])cc1. The number of nitro groups is 1. The number of rotatable bonds is 9. The van der Waals surface area contributed by atoms with Gasteiger partial charge in [-0.05, 0) is 35.8 Å². The Labute approximate surface area is 163 Å². The third kappa shape index (κ3) is 6.68. The van der Waals surface area contributed by atoms with Crippen LogP contribution in [-0.4, -0.2) is 41.9 Å². The Morgan fingerprint density at radius 1 is 1.07 bits per heavy atom. The van der Waals surface area contributed by atoms with Gasteiger partial charge in [0.05, 0.1) is 18.5 Å². The number of nitrogens with zero attached hydrogens (tertiary/aromatic N) is 2. The molecule has 0 atom stereocenters. The lowest BCUT2D eigenvalue weighted by atomic mass is 10.1. The highest BCUT2D eigenvalue weighted by Crippen LogP contribution is 2.13. The van der Waals surface area contributed by atoms with Crippen LogP contribution < -0.4 is 0 Å². The topological polar surface area (TPSA) is 89.8 Å². The van der Waals surface area contributed by atoms with Gasteiger partial charge in [0.25, 0.3) is 5.69 Å². The quantitative estimate of drug-likeness (QED) is 0.287. The summed E-state index contributed by atoms with van der Waals surface area (Å²) in [6.45, 7) is 0.716. The zero-order chi connectivity index (χ0) is 20.4. The fourth-order valence-corrected chi connectivity index (χ4v) is 2.55. The fraction of sp³-hybridized carbons (Fsp3) is 0.238. The number of hydrogen-bond acceptors (Lipinski definition) is 5. The highest BCUT2D eigenvalue weighted by molar-refractivity contribution is 5.92. The lowest BCUT2D eigenvalue weighted by Crippen LogP contribution is -2.33. The molecule has 0 aliphatic carbocycles. The Morgan fingerprint density at radius 2 is 1.75 bits per heavy atom. The third-order valence-electron chi connectivity index (χ3n) is 4.16. The van der Waals surface area contributed by atoms with Crippen molar-refractivity contribution in [3.8, 4) is 0 Å². The van der Waals surface area contributed by atoms with Gasteiger partial charge in [0.1, 0.15) is 0 Å². The zero-order valence-electron chi connectivity index (χ0n) is 15.6. The van der Waals surface area contributed by atoms with Crippen LogP contribution in [0.25, 0.3) is 6.08 Å². The molecule has 0 radical (unpaired) electrons. The van der Waals surface area contributed by atoms with Gasteiger partial charge >= 0.3 is 5.97 Å². The van der Waals surface area contributed by atoms with Crippen molar-refractivity contribution in [2.75, 3.05) is 20.2 Å². The number of methoxy groups -OCH3 is 1. The maximum Gasteiger partial charge on any atom is 0.307 e. The first-order valence-electron chi connectivity index (χ1n) is 8.82. The van der Waals surface area contributed by atoms with Gasteiger partial charge in [-0.2, -0.15) is 0 Å². The Hall–Kier alpha value is -3.48. The van der Waals surface area contributed by atoms with Crippen LogP contribution in [0.2, 0.25) is 0 Å². The highest BCUT2D eigenvalue weighted by atomic mass is 16.6. The summed E-state index contributed by atoms with van der Waals surface area (Å²) in [5.74, 6) is -0.616. The van der Waals surface area contributed by atoms with E-state index in [1.54, 1.807) is 23.1 Å². The van der Waals surface area contributed by atoms with Crippen LogP contribution in [0.15, 0.2) is 60.7 Å². The van der Waals surface area contributed by atoms with Crippen LogP contribution >= 0.6 is 0 Å². The van der Waals surface area contributed by atoms with Crippen molar-refractivity contribution in [1.29, 1.82) is 0 Å². The summed E-state index contributed by atoms with van der Waals surface area (Å²) in [5, 5.41) is 10.7. The number of hydrogen-bond donors (Lipinski definition) is 0. The van der Waals surface area contributed by atoms with Gasteiger partial charge in [-0.25, -0.2) is 0 Å². The van der Waals surface area contributed by atoms with Crippen LogP contribution in [0.5, 0.6) is 0 Å². The summed E-state index contributed by atoms with van der Waals surface area (Å²) in [7, 11) is 1.31. The summed E-state index contributed by atoms with van der Waals surface area (Å²) in [4.78, 5) is 35.8. The van der Waals surface area contributed by atoms with E-state index in [-0.39, 0.29) is 30.5 Å². The lowest BCUT2D eigenvalue weighted by Gasteiger charge is -2.21. The standard InChI is InChI=1S/C21H22N2O5/c1-28-21(25)14-16-22(15-13-17-5-3-2-4-6-17)20(24)12-9-18-7-10-19(11-8-18)23(26)27/h2-12H,13-16H2,1H3/b12-9+. The number of non-ortho nitro benzene ring substituents is 1. The zero-order valence-corrected chi connectivity index (χ0v) is 15.6. The molecule has 0 saturated heterocycles. The maximum absolute atomic E-state index is 12.6. The highest BCUT2D eigenvalue weighted by Gasteiger charge is 2.13. The van der Waals surface area contributed by atoms with Crippen LogP contribution in [0.3, 0.4) is 0 Å². The van der Waals surface area contributed by atoms with Crippen molar-refractivity contribution < 1.29 is 19.2 Å². The summed E-state index contributed by atoms with van der Waals surface area (Å²) < 4.78 is 4.65. The van der Waals surface area contributed by atoms with E-state index >= 15 is 0 Å². The normalized spacial score (nSPS) is 10.6. The van der Waals surface area contributed by atoms with Crippen molar-refractivity contribution in [3.63, 3.8) is 0 Å². The molecule has 146 valence electrons. The number of ether oxygens (including phenoxy) is 1. The Bertz CT molecular complexity index is 832. The molecule has 2 aromatic rings. The third-order valence-corrected chi connectivity index (χ3v) is 4.16. The van der Waals surface area contributed by atoms with Crippen molar-refractivity contribution in [1.82, 2.24) is 4.90 Å². The summed E-state index contributed by atoms with van der Waals surface area (Å²) in [6.07, 6.45) is 3.78. The van der Waals surface area contributed by atoms with Crippen LogP contribution in [0.1, 0.15) is 17.5 Å². The second kappa shape index (κ2) is 10.6. The number of carbonyl (C=O) groups is 2. The summed E-state index contributed by atoms with van der Waals surface area (Å²) in [6, 6.07) is 15.7. The first kappa shape index (κ1) is 20.8.